The molecule has 3 atom stereocenters. The highest BCUT2D eigenvalue weighted by molar-refractivity contribution is 4.87. The lowest BCUT2D eigenvalue weighted by Crippen LogP contribution is -2.11. The normalized spacial score (nSPS) is 35.8. The van der Waals surface area contributed by atoms with Crippen LogP contribution >= 0.6 is 0 Å². The number of rotatable bonds is 2. The van der Waals surface area contributed by atoms with E-state index in [-0.39, 0.29) is 0 Å². The topological polar surface area (TPSA) is 0 Å². The fourth-order valence-electron chi connectivity index (χ4n) is 2.13. The van der Waals surface area contributed by atoms with E-state index in [1.165, 1.54) is 19.3 Å². The fourth-order valence-corrected chi connectivity index (χ4v) is 2.13. The first-order chi connectivity index (χ1) is 4.75. The van der Waals surface area contributed by atoms with Gasteiger partial charge >= 0.3 is 0 Å². The van der Waals surface area contributed by atoms with E-state index in [0.717, 1.165) is 17.8 Å². The van der Waals surface area contributed by atoms with Crippen molar-refractivity contribution in [3.63, 3.8) is 0 Å². The third kappa shape index (κ3) is 1.42. The van der Waals surface area contributed by atoms with E-state index in [4.69, 9.17) is 0 Å². The largest absolute Gasteiger partial charge is 0.103 e. The highest BCUT2D eigenvalue weighted by Crippen LogP contribution is 2.36. The Morgan fingerprint density at radius 2 is 2.20 bits per heavy atom. The third-order valence-corrected chi connectivity index (χ3v) is 2.97. The smallest absolute Gasteiger partial charge is 0.0234 e. The number of hydrogen-bond acceptors (Lipinski definition) is 0. The molecule has 58 valence electrons. The second-order valence-electron chi connectivity index (χ2n) is 3.67. The average molecular weight is 138 g/mol. The van der Waals surface area contributed by atoms with E-state index in [2.05, 4.69) is 26.5 Å². The van der Waals surface area contributed by atoms with Crippen LogP contribution in [0.3, 0.4) is 0 Å². The Kier molecular flexibility index (Phi) is 2.53. The Hall–Kier alpha value is -0.260. The van der Waals surface area contributed by atoms with Gasteiger partial charge in [-0.25, -0.2) is 0 Å². The van der Waals surface area contributed by atoms with Crippen molar-refractivity contribution in [2.75, 3.05) is 0 Å². The molecule has 0 aromatic rings. The summed E-state index contributed by atoms with van der Waals surface area (Å²) in [6.07, 6.45) is 6.40. The monoisotopic (exact) mass is 138 g/mol. The molecule has 0 heterocycles. The van der Waals surface area contributed by atoms with Crippen LogP contribution in [0.25, 0.3) is 0 Å². The van der Waals surface area contributed by atoms with Gasteiger partial charge in [-0.1, -0.05) is 32.8 Å². The Bertz CT molecular complexity index is 115. The highest BCUT2D eigenvalue weighted by Gasteiger charge is 2.26. The van der Waals surface area contributed by atoms with Crippen LogP contribution in [0, 0.1) is 17.8 Å². The van der Waals surface area contributed by atoms with E-state index < -0.39 is 0 Å². The van der Waals surface area contributed by atoms with Crippen molar-refractivity contribution in [1.29, 1.82) is 0 Å². The minimum atomic E-state index is 0.734. The molecule has 1 rings (SSSR count). The minimum Gasteiger partial charge on any atom is -0.103 e. The fraction of sp³-hybridized carbons (Fsp3) is 0.800. The van der Waals surface area contributed by atoms with Crippen molar-refractivity contribution in [2.24, 2.45) is 17.8 Å². The molecule has 1 saturated carbocycles. The molecule has 0 aliphatic heterocycles. The van der Waals surface area contributed by atoms with E-state index in [1.807, 2.05) is 0 Å². The van der Waals surface area contributed by atoms with E-state index in [9.17, 15) is 0 Å². The summed E-state index contributed by atoms with van der Waals surface area (Å²) in [6, 6.07) is 0. The predicted octanol–water partition coefficient (Wildman–Crippen LogP) is 3.24. The summed E-state index contributed by atoms with van der Waals surface area (Å²) in [5.74, 6) is 2.60. The second kappa shape index (κ2) is 3.23. The summed E-state index contributed by atoms with van der Waals surface area (Å²) >= 11 is 0. The van der Waals surface area contributed by atoms with Gasteiger partial charge in [0.1, 0.15) is 0 Å². The van der Waals surface area contributed by atoms with Gasteiger partial charge in [0.15, 0.2) is 0 Å². The SMILES string of the molecule is C=CC(C)C1CCCC1C. The van der Waals surface area contributed by atoms with Gasteiger partial charge < -0.3 is 0 Å². The van der Waals surface area contributed by atoms with Gasteiger partial charge in [-0.3, -0.25) is 0 Å². The molecule has 3 unspecified atom stereocenters. The minimum absolute atomic E-state index is 0.734. The highest BCUT2D eigenvalue weighted by atomic mass is 14.3. The van der Waals surface area contributed by atoms with E-state index in [1.54, 1.807) is 0 Å². The Morgan fingerprint density at radius 3 is 2.60 bits per heavy atom. The molecule has 10 heavy (non-hydrogen) atoms. The lowest BCUT2D eigenvalue weighted by molar-refractivity contribution is 0.341. The second-order valence-corrected chi connectivity index (χ2v) is 3.67. The molecule has 1 aliphatic carbocycles. The van der Waals surface area contributed by atoms with Crippen molar-refractivity contribution < 1.29 is 0 Å². The van der Waals surface area contributed by atoms with E-state index >= 15 is 0 Å². The van der Waals surface area contributed by atoms with E-state index in [0.29, 0.717) is 0 Å². The summed E-state index contributed by atoms with van der Waals surface area (Å²) in [4.78, 5) is 0. The summed E-state index contributed by atoms with van der Waals surface area (Å²) in [5.41, 5.74) is 0. The first-order valence-electron chi connectivity index (χ1n) is 4.38. The molecule has 0 aromatic carbocycles. The molecule has 0 saturated heterocycles. The van der Waals surface area contributed by atoms with Crippen LogP contribution in [0.1, 0.15) is 33.1 Å². The van der Waals surface area contributed by atoms with Crippen LogP contribution in [0.15, 0.2) is 12.7 Å². The Balaban J connectivity index is 2.46. The zero-order chi connectivity index (χ0) is 7.56. The van der Waals surface area contributed by atoms with Crippen LogP contribution in [-0.4, -0.2) is 0 Å². The lowest BCUT2D eigenvalue weighted by atomic mass is 9.86. The lowest BCUT2D eigenvalue weighted by Gasteiger charge is -2.19. The van der Waals surface area contributed by atoms with Gasteiger partial charge in [-0.2, -0.15) is 0 Å². The predicted molar refractivity (Wildman–Crippen MR) is 45.9 cm³/mol. The van der Waals surface area contributed by atoms with Gasteiger partial charge in [0.05, 0.1) is 0 Å². The first-order valence-corrected chi connectivity index (χ1v) is 4.38. The molecule has 0 bridgehead atoms. The maximum atomic E-state index is 3.84. The van der Waals surface area contributed by atoms with Crippen LogP contribution in [0.2, 0.25) is 0 Å². The van der Waals surface area contributed by atoms with Crippen molar-refractivity contribution >= 4 is 0 Å². The van der Waals surface area contributed by atoms with Crippen LogP contribution in [0.4, 0.5) is 0 Å². The van der Waals surface area contributed by atoms with Crippen LogP contribution in [-0.2, 0) is 0 Å². The molecule has 1 fully saturated rings. The van der Waals surface area contributed by atoms with Crippen molar-refractivity contribution in [1.82, 2.24) is 0 Å². The average Bonchev–Trinajstić information content (AvgIpc) is 2.34. The molecular weight excluding hydrogens is 120 g/mol. The first kappa shape index (κ1) is 7.84. The molecule has 0 radical (unpaired) electrons. The summed E-state index contributed by atoms with van der Waals surface area (Å²) in [7, 11) is 0. The molecule has 0 heteroatoms. The molecule has 0 nitrogen and oxygen atoms in total. The standard InChI is InChI=1S/C10H18/c1-4-8(2)10-7-5-6-9(10)3/h4,8-10H,1,5-7H2,2-3H3. The molecule has 0 aromatic heterocycles. The van der Waals surface area contributed by atoms with Gasteiger partial charge in [-0.15, -0.1) is 6.58 Å². The molecular formula is C10H18. The summed E-state index contributed by atoms with van der Waals surface area (Å²) in [5, 5.41) is 0. The van der Waals surface area contributed by atoms with Gasteiger partial charge in [0, 0.05) is 0 Å². The summed E-state index contributed by atoms with van der Waals surface area (Å²) in [6.45, 7) is 8.50. The number of hydrogen-bond donors (Lipinski definition) is 0. The van der Waals surface area contributed by atoms with Crippen LogP contribution in [0.5, 0.6) is 0 Å². The number of allylic oxidation sites excluding steroid dienone is 1. The Labute approximate surface area is 64.3 Å². The molecule has 0 N–H and O–H groups in total. The third-order valence-electron chi connectivity index (χ3n) is 2.97. The maximum Gasteiger partial charge on any atom is -0.0234 e. The molecule has 1 aliphatic rings. The van der Waals surface area contributed by atoms with Crippen molar-refractivity contribution in [3.8, 4) is 0 Å². The maximum absolute atomic E-state index is 3.84. The molecule has 0 amide bonds. The quantitative estimate of drug-likeness (QED) is 0.514. The Morgan fingerprint density at radius 1 is 1.50 bits per heavy atom. The van der Waals surface area contributed by atoms with Gasteiger partial charge in [0.2, 0.25) is 0 Å². The molecule has 0 spiro atoms. The van der Waals surface area contributed by atoms with Gasteiger partial charge in [-0.05, 0) is 24.2 Å². The van der Waals surface area contributed by atoms with Crippen molar-refractivity contribution in [2.45, 2.75) is 33.1 Å². The van der Waals surface area contributed by atoms with Crippen molar-refractivity contribution in [3.05, 3.63) is 12.7 Å². The summed E-state index contributed by atoms with van der Waals surface area (Å²) < 4.78 is 0. The zero-order valence-corrected chi connectivity index (χ0v) is 7.14. The van der Waals surface area contributed by atoms with Gasteiger partial charge in [0.25, 0.3) is 0 Å². The van der Waals surface area contributed by atoms with Crippen LogP contribution < -0.4 is 0 Å². The zero-order valence-electron chi connectivity index (χ0n) is 7.14.